The highest BCUT2D eigenvalue weighted by atomic mass is 16.5. The van der Waals surface area contributed by atoms with Crippen LogP contribution >= 0.6 is 0 Å². The lowest BCUT2D eigenvalue weighted by atomic mass is 10.1. The number of carbonyl (C=O) groups excluding carboxylic acids is 1. The standard InChI is InChI=1S/C31H34N8O2/c1-36-22(14-33-35-36)17-39-29-23(11-21(13-27(29)41-2)31(40)38-16-20-9-10-25(38)28(20)32)34-30(39)26-12-19-5-3-4-6-24(19)37(26)15-18-7-8-18/h3-6,11-14,18,20,25,28H,7-10,15-17,32H2,1-2H3/t20?,25?,28-/m1/s1. The molecule has 10 heteroatoms. The lowest BCUT2D eigenvalue weighted by Crippen LogP contribution is -2.41. The molecular formula is C31H34N8O2. The van der Waals surface area contributed by atoms with Crippen molar-refractivity contribution in [2.24, 2.45) is 24.6 Å². The zero-order valence-electron chi connectivity index (χ0n) is 23.4. The first-order valence-corrected chi connectivity index (χ1v) is 14.6. The van der Waals surface area contributed by atoms with E-state index in [-0.39, 0.29) is 18.0 Å². The van der Waals surface area contributed by atoms with Gasteiger partial charge in [0.25, 0.3) is 5.91 Å². The maximum atomic E-state index is 13.8. The molecule has 3 aliphatic rings. The first-order valence-electron chi connectivity index (χ1n) is 14.6. The molecular weight excluding hydrogens is 516 g/mol. The van der Waals surface area contributed by atoms with E-state index >= 15 is 0 Å². The summed E-state index contributed by atoms with van der Waals surface area (Å²) in [5, 5.41) is 9.47. The number of nitrogens with zero attached hydrogens (tertiary/aromatic N) is 7. The molecule has 3 aromatic heterocycles. The second-order valence-electron chi connectivity index (χ2n) is 12.0. The zero-order valence-corrected chi connectivity index (χ0v) is 23.4. The van der Waals surface area contributed by atoms with Crippen molar-refractivity contribution in [3.05, 3.63) is 59.9 Å². The second-order valence-corrected chi connectivity index (χ2v) is 12.0. The third-order valence-electron chi connectivity index (χ3n) is 9.49. The summed E-state index contributed by atoms with van der Waals surface area (Å²) in [4.78, 5) is 21.0. The van der Waals surface area contributed by atoms with Gasteiger partial charge in [-0.15, -0.1) is 5.10 Å². The fraction of sp³-hybridized carbons (Fsp3) is 0.419. The maximum absolute atomic E-state index is 13.8. The molecule has 3 fully saturated rings. The number of carbonyl (C=O) groups is 1. The number of nitrogens with two attached hydrogens (primary N) is 1. The van der Waals surface area contributed by atoms with Crippen LogP contribution < -0.4 is 10.5 Å². The Morgan fingerprint density at radius 2 is 1.95 bits per heavy atom. The molecule has 0 radical (unpaired) electrons. The number of hydrogen-bond acceptors (Lipinski definition) is 6. The van der Waals surface area contributed by atoms with Gasteiger partial charge in [-0.3, -0.25) is 9.48 Å². The molecule has 10 nitrogen and oxygen atoms in total. The van der Waals surface area contributed by atoms with Gasteiger partial charge in [0.2, 0.25) is 0 Å². The highest BCUT2D eigenvalue weighted by molar-refractivity contribution is 6.00. The predicted molar refractivity (Wildman–Crippen MR) is 156 cm³/mol. The Balaban J connectivity index is 1.32. The van der Waals surface area contributed by atoms with Crippen LogP contribution in [-0.4, -0.2) is 65.7 Å². The number of rotatable bonds is 7. The summed E-state index contributed by atoms with van der Waals surface area (Å²) in [5.74, 6) is 2.54. The number of methoxy groups -OCH3 is 1. The van der Waals surface area contributed by atoms with E-state index in [2.05, 4.69) is 49.8 Å². The van der Waals surface area contributed by atoms with Gasteiger partial charge < -0.3 is 24.5 Å². The number of ether oxygens (including phenoxy) is 1. The van der Waals surface area contributed by atoms with Gasteiger partial charge in [0.15, 0.2) is 5.82 Å². The van der Waals surface area contributed by atoms with Crippen LogP contribution in [0.4, 0.5) is 0 Å². The highest BCUT2D eigenvalue weighted by Crippen LogP contribution is 2.40. The fourth-order valence-electron chi connectivity index (χ4n) is 7.07. The van der Waals surface area contributed by atoms with Gasteiger partial charge in [-0.2, -0.15) is 0 Å². The van der Waals surface area contributed by atoms with Crippen LogP contribution in [0.1, 0.15) is 41.7 Å². The predicted octanol–water partition coefficient (Wildman–Crippen LogP) is 3.82. The molecule has 41 heavy (non-hydrogen) atoms. The molecule has 2 unspecified atom stereocenters. The summed E-state index contributed by atoms with van der Waals surface area (Å²) in [6.07, 6.45) is 6.36. The number of imidazole rings is 1. The number of amides is 1. The summed E-state index contributed by atoms with van der Waals surface area (Å²) in [7, 11) is 3.55. The minimum atomic E-state index is 0.00244. The van der Waals surface area contributed by atoms with Crippen LogP contribution in [0.5, 0.6) is 5.75 Å². The number of aromatic nitrogens is 6. The Bertz CT molecular complexity index is 1810. The van der Waals surface area contributed by atoms with Gasteiger partial charge in [-0.25, -0.2) is 4.98 Å². The lowest BCUT2D eigenvalue weighted by Gasteiger charge is -2.27. The summed E-state index contributed by atoms with van der Waals surface area (Å²) < 4.78 is 12.3. The number of aryl methyl sites for hydroxylation is 1. The summed E-state index contributed by atoms with van der Waals surface area (Å²) >= 11 is 0. The van der Waals surface area contributed by atoms with E-state index in [1.54, 1.807) is 18.0 Å². The minimum Gasteiger partial charge on any atom is -0.494 e. The molecule has 210 valence electrons. The molecule has 3 atom stereocenters. The number of piperidine rings is 1. The van der Waals surface area contributed by atoms with E-state index in [9.17, 15) is 4.79 Å². The van der Waals surface area contributed by atoms with Gasteiger partial charge in [0.1, 0.15) is 11.3 Å². The largest absolute Gasteiger partial charge is 0.494 e. The molecule has 2 N–H and O–H groups in total. The van der Waals surface area contributed by atoms with Crippen LogP contribution in [0.3, 0.4) is 0 Å². The Kier molecular flexibility index (Phi) is 5.50. The van der Waals surface area contributed by atoms with Gasteiger partial charge in [-0.05, 0) is 61.8 Å². The molecule has 2 bridgehead atoms. The van der Waals surface area contributed by atoms with Crippen molar-refractivity contribution in [1.29, 1.82) is 0 Å². The van der Waals surface area contributed by atoms with Crippen LogP contribution in [0.15, 0.2) is 48.7 Å². The molecule has 1 amide bonds. The first kappa shape index (κ1) is 24.6. The topological polar surface area (TPSA) is 109 Å². The quantitative estimate of drug-likeness (QED) is 0.330. The molecule has 1 saturated heterocycles. The van der Waals surface area contributed by atoms with Crippen LogP contribution in [-0.2, 0) is 20.1 Å². The number of fused-ring (bicyclic) bond motifs is 4. The molecule has 0 spiro atoms. The Morgan fingerprint density at radius 3 is 2.66 bits per heavy atom. The minimum absolute atomic E-state index is 0.00244. The smallest absolute Gasteiger partial charge is 0.254 e. The van der Waals surface area contributed by atoms with Gasteiger partial charge in [0, 0.05) is 48.7 Å². The number of hydrogen-bond donors (Lipinski definition) is 1. The summed E-state index contributed by atoms with van der Waals surface area (Å²) in [6.45, 7) is 2.19. The molecule has 4 heterocycles. The van der Waals surface area contributed by atoms with E-state index < -0.39 is 0 Å². The Hall–Kier alpha value is -4.18. The van der Waals surface area contributed by atoms with Gasteiger partial charge in [-0.1, -0.05) is 23.4 Å². The average molecular weight is 551 g/mol. The van der Waals surface area contributed by atoms with Crippen molar-refractivity contribution in [3.8, 4) is 17.3 Å². The van der Waals surface area contributed by atoms with Crippen molar-refractivity contribution in [2.45, 2.75) is 50.9 Å². The summed E-state index contributed by atoms with van der Waals surface area (Å²) in [6, 6.07) is 14.7. The lowest BCUT2D eigenvalue weighted by molar-refractivity contribution is 0.0700. The van der Waals surface area contributed by atoms with Crippen molar-refractivity contribution in [1.82, 2.24) is 34.0 Å². The van der Waals surface area contributed by atoms with Crippen molar-refractivity contribution in [2.75, 3.05) is 13.7 Å². The van der Waals surface area contributed by atoms with E-state index in [1.807, 2.05) is 24.1 Å². The molecule has 2 aromatic carbocycles. The van der Waals surface area contributed by atoms with E-state index in [0.29, 0.717) is 29.7 Å². The Labute approximate surface area is 237 Å². The maximum Gasteiger partial charge on any atom is 0.254 e. The normalized spacial score (nSPS) is 21.9. The molecule has 8 rings (SSSR count). The van der Waals surface area contributed by atoms with Crippen LogP contribution in [0, 0.1) is 11.8 Å². The van der Waals surface area contributed by atoms with E-state index in [4.69, 9.17) is 15.5 Å². The van der Waals surface area contributed by atoms with E-state index in [0.717, 1.165) is 54.2 Å². The van der Waals surface area contributed by atoms with E-state index in [1.165, 1.54) is 23.7 Å². The van der Waals surface area contributed by atoms with Crippen molar-refractivity contribution < 1.29 is 9.53 Å². The molecule has 5 aromatic rings. The first-order chi connectivity index (χ1) is 20.0. The fourth-order valence-corrected chi connectivity index (χ4v) is 7.07. The SMILES string of the molecule is COc1cc(C(=O)N2CC3CCC2[C@@H]3N)cc2nc(-c3cc4ccccc4n3CC3CC3)n(Cc3cnnn3C)c12. The summed E-state index contributed by atoms with van der Waals surface area (Å²) in [5.41, 5.74) is 11.8. The third kappa shape index (κ3) is 3.88. The number of para-hydroxylation sites is 1. The molecule has 1 aliphatic heterocycles. The van der Waals surface area contributed by atoms with Crippen molar-refractivity contribution >= 4 is 27.8 Å². The third-order valence-corrected chi connectivity index (χ3v) is 9.49. The number of likely N-dealkylation sites (tertiary alicyclic amines) is 1. The van der Waals surface area contributed by atoms with Gasteiger partial charge >= 0.3 is 0 Å². The Morgan fingerprint density at radius 1 is 1.10 bits per heavy atom. The average Bonchev–Trinajstić information content (AvgIpc) is 3.24. The monoisotopic (exact) mass is 550 g/mol. The molecule has 2 saturated carbocycles. The highest BCUT2D eigenvalue weighted by Gasteiger charge is 2.47. The zero-order chi connectivity index (χ0) is 27.8. The molecule has 2 aliphatic carbocycles. The number of benzene rings is 2. The van der Waals surface area contributed by atoms with Crippen molar-refractivity contribution in [3.63, 3.8) is 0 Å². The van der Waals surface area contributed by atoms with Gasteiger partial charge in [0.05, 0.1) is 36.8 Å². The second kappa shape index (κ2) is 9.17. The van der Waals surface area contributed by atoms with Crippen LogP contribution in [0.25, 0.3) is 33.5 Å². The van der Waals surface area contributed by atoms with Crippen LogP contribution in [0.2, 0.25) is 0 Å².